The van der Waals surface area contributed by atoms with E-state index in [-0.39, 0.29) is 11.8 Å². The predicted octanol–water partition coefficient (Wildman–Crippen LogP) is 4.48. The first-order valence-corrected chi connectivity index (χ1v) is 11.3. The molecular weight excluding hydrogens is 426 g/mol. The van der Waals surface area contributed by atoms with Crippen molar-refractivity contribution in [2.75, 3.05) is 4.90 Å². The quantitative estimate of drug-likeness (QED) is 0.462. The van der Waals surface area contributed by atoms with Gasteiger partial charge in [0, 0.05) is 5.92 Å². The van der Waals surface area contributed by atoms with Crippen LogP contribution in [0.25, 0.3) is 10.8 Å². The lowest BCUT2D eigenvalue weighted by Crippen LogP contribution is -2.57. The number of carboxylic acids is 1. The van der Waals surface area contributed by atoms with Gasteiger partial charge in [-0.3, -0.25) is 14.4 Å². The molecule has 2 atom stereocenters. The summed E-state index contributed by atoms with van der Waals surface area (Å²) < 4.78 is 0. The zero-order valence-corrected chi connectivity index (χ0v) is 18.0. The molecule has 4 aromatic rings. The maximum Gasteiger partial charge on any atom is 0.319 e. The van der Waals surface area contributed by atoms with Gasteiger partial charge in [-0.25, -0.2) is 4.90 Å². The van der Waals surface area contributed by atoms with Crippen LogP contribution in [0.4, 0.5) is 5.69 Å². The Morgan fingerprint density at radius 1 is 0.735 bits per heavy atom. The molecule has 8 rings (SSSR count). The Balaban J connectivity index is 1.50. The first-order chi connectivity index (χ1) is 16.5. The van der Waals surface area contributed by atoms with Gasteiger partial charge in [0.1, 0.15) is 5.41 Å². The van der Waals surface area contributed by atoms with Crippen molar-refractivity contribution in [2.45, 2.75) is 11.3 Å². The average molecular weight is 445 g/mol. The van der Waals surface area contributed by atoms with Gasteiger partial charge in [0.2, 0.25) is 11.8 Å². The highest BCUT2D eigenvalue weighted by molar-refractivity contribution is 6.25. The molecule has 0 unspecified atom stereocenters. The third-order valence-electron chi connectivity index (χ3n) is 7.95. The van der Waals surface area contributed by atoms with Crippen LogP contribution >= 0.6 is 0 Å². The molecule has 0 saturated carbocycles. The molecule has 4 aromatic carbocycles. The fourth-order valence-electron chi connectivity index (χ4n) is 6.71. The molecule has 4 aliphatic rings. The first-order valence-electron chi connectivity index (χ1n) is 11.3. The Morgan fingerprint density at radius 3 is 1.97 bits per heavy atom. The minimum atomic E-state index is -1.61. The molecule has 164 valence electrons. The van der Waals surface area contributed by atoms with Crippen molar-refractivity contribution in [1.82, 2.24) is 0 Å². The monoisotopic (exact) mass is 445 g/mol. The second-order valence-electron chi connectivity index (χ2n) is 9.31. The van der Waals surface area contributed by atoms with Gasteiger partial charge in [-0.2, -0.15) is 0 Å². The standard InChI is InChI=1S/C29H19NO4/c31-26-24-23-19-9-3-5-11-21(19)29(28(33)34,22-12-6-4-10-20(22)23)25(24)27(32)30(26)18-14-13-16-7-1-2-8-17(16)15-18/h1-15,23-25H,(H,33,34)/t23?,24-,25+,29?/m1/s1. The number of aliphatic carboxylic acids is 1. The predicted molar refractivity (Wildman–Crippen MR) is 127 cm³/mol. The summed E-state index contributed by atoms with van der Waals surface area (Å²) in [5, 5.41) is 12.7. The van der Waals surface area contributed by atoms with Crippen molar-refractivity contribution in [3.8, 4) is 0 Å². The molecule has 34 heavy (non-hydrogen) atoms. The second-order valence-corrected chi connectivity index (χ2v) is 9.31. The average Bonchev–Trinajstić information content (AvgIpc) is 3.14. The van der Waals surface area contributed by atoms with Crippen LogP contribution in [-0.4, -0.2) is 22.9 Å². The van der Waals surface area contributed by atoms with Crippen LogP contribution in [-0.2, 0) is 19.8 Å². The lowest BCUT2D eigenvalue weighted by molar-refractivity contribution is -0.149. The number of anilines is 1. The highest BCUT2D eigenvalue weighted by atomic mass is 16.4. The van der Waals surface area contributed by atoms with E-state index >= 15 is 0 Å². The second kappa shape index (κ2) is 6.41. The van der Waals surface area contributed by atoms with Gasteiger partial charge in [0.15, 0.2) is 0 Å². The highest BCUT2D eigenvalue weighted by Gasteiger charge is 2.71. The highest BCUT2D eigenvalue weighted by Crippen LogP contribution is 2.64. The normalized spacial score (nSPS) is 26.4. The molecule has 2 bridgehead atoms. The van der Waals surface area contributed by atoms with E-state index in [1.807, 2.05) is 72.8 Å². The van der Waals surface area contributed by atoms with E-state index in [2.05, 4.69) is 0 Å². The van der Waals surface area contributed by atoms with Crippen LogP contribution in [0.15, 0.2) is 91.0 Å². The maximum absolute atomic E-state index is 14.0. The number of carboxylic acid groups (broad SMARTS) is 1. The summed E-state index contributed by atoms with van der Waals surface area (Å²) in [5.74, 6) is -3.99. The van der Waals surface area contributed by atoms with Gasteiger partial charge < -0.3 is 5.11 Å². The van der Waals surface area contributed by atoms with Crippen molar-refractivity contribution in [2.24, 2.45) is 11.8 Å². The number of carbonyl (C=O) groups is 3. The summed E-state index contributed by atoms with van der Waals surface area (Å²) in [5.41, 5.74) is 1.77. The molecule has 5 heteroatoms. The molecule has 1 fully saturated rings. The molecular formula is C29H19NO4. The van der Waals surface area contributed by atoms with Crippen molar-refractivity contribution in [3.63, 3.8) is 0 Å². The lowest BCUT2D eigenvalue weighted by atomic mass is 9.47. The smallest absolute Gasteiger partial charge is 0.319 e. The number of imide groups is 1. The fourth-order valence-corrected chi connectivity index (χ4v) is 6.71. The third-order valence-corrected chi connectivity index (χ3v) is 7.95. The van der Waals surface area contributed by atoms with Gasteiger partial charge >= 0.3 is 5.97 Å². The van der Waals surface area contributed by atoms with Crippen molar-refractivity contribution < 1.29 is 19.5 Å². The molecule has 0 aromatic heterocycles. The van der Waals surface area contributed by atoms with Gasteiger partial charge in [0.05, 0.1) is 17.5 Å². The molecule has 1 saturated heterocycles. The minimum Gasteiger partial charge on any atom is -0.480 e. The van der Waals surface area contributed by atoms with Crippen LogP contribution in [0.5, 0.6) is 0 Å². The Hall–Kier alpha value is -4.25. The number of hydrogen-bond donors (Lipinski definition) is 1. The lowest BCUT2D eigenvalue weighted by Gasteiger charge is -2.51. The van der Waals surface area contributed by atoms with E-state index in [1.54, 1.807) is 18.2 Å². The Morgan fingerprint density at radius 2 is 1.32 bits per heavy atom. The Labute approximate surface area is 195 Å². The molecule has 5 nitrogen and oxygen atoms in total. The van der Waals surface area contributed by atoms with Crippen molar-refractivity contribution >= 4 is 34.2 Å². The summed E-state index contributed by atoms with van der Waals surface area (Å²) >= 11 is 0. The molecule has 2 amide bonds. The number of fused-ring (bicyclic) bond motifs is 1. The van der Waals surface area contributed by atoms with E-state index in [4.69, 9.17) is 0 Å². The molecule has 0 radical (unpaired) electrons. The fraction of sp³-hybridized carbons (Fsp3) is 0.138. The molecule has 3 aliphatic carbocycles. The molecule has 0 spiro atoms. The van der Waals surface area contributed by atoms with Gasteiger partial charge in [0.25, 0.3) is 0 Å². The minimum absolute atomic E-state index is 0.329. The first kappa shape index (κ1) is 19.2. The van der Waals surface area contributed by atoms with Gasteiger partial charge in [-0.1, -0.05) is 78.9 Å². The van der Waals surface area contributed by atoms with Crippen LogP contribution < -0.4 is 4.90 Å². The number of benzene rings is 4. The van der Waals surface area contributed by atoms with Crippen LogP contribution in [0.2, 0.25) is 0 Å². The Kier molecular flexibility index (Phi) is 3.63. The third kappa shape index (κ3) is 2.08. The van der Waals surface area contributed by atoms with E-state index in [1.165, 1.54) is 4.90 Å². The van der Waals surface area contributed by atoms with Gasteiger partial charge in [-0.15, -0.1) is 0 Å². The topological polar surface area (TPSA) is 74.7 Å². The summed E-state index contributed by atoms with van der Waals surface area (Å²) in [4.78, 5) is 42.4. The van der Waals surface area contributed by atoms with Crippen LogP contribution in [0.1, 0.15) is 28.2 Å². The number of hydrogen-bond acceptors (Lipinski definition) is 3. The molecule has 1 aliphatic heterocycles. The zero-order valence-electron chi connectivity index (χ0n) is 18.0. The summed E-state index contributed by atoms with van der Waals surface area (Å²) in [7, 11) is 0. The number of nitrogens with zero attached hydrogens (tertiary/aromatic N) is 1. The van der Waals surface area contributed by atoms with Gasteiger partial charge in [-0.05, 0) is 45.2 Å². The SMILES string of the molecule is O=C1[C@@H]2C3c4ccccc4C(C(=O)O)(c4ccccc43)[C@@H]2C(=O)N1c1ccc2ccccc2c1. The van der Waals surface area contributed by atoms with E-state index < -0.39 is 29.1 Å². The largest absolute Gasteiger partial charge is 0.480 e. The van der Waals surface area contributed by atoms with Crippen molar-refractivity contribution in [3.05, 3.63) is 113 Å². The van der Waals surface area contributed by atoms with Crippen LogP contribution in [0, 0.1) is 11.8 Å². The van der Waals surface area contributed by atoms with E-state index in [0.29, 0.717) is 16.8 Å². The number of amides is 2. The molecule has 1 heterocycles. The van der Waals surface area contributed by atoms with Crippen molar-refractivity contribution in [1.29, 1.82) is 0 Å². The maximum atomic E-state index is 14.0. The molecule has 1 N–H and O–H groups in total. The summed E-state index contributed by atoms with van der Waals surface area (Å²) in [6, 6.07) is 28.0. The van der Waals surface area contributed by atoms with Crippen LogP contribution in [0.3, 0.4) is 0 Å². The number of carbonyl (C=O) groups excluding carboxylic acids is 2. The summed E-state index contributed by atoms with van der Waals surface area (Å²) in [6.45, 7) is 0. The van der Waals surface area contributed by atoms with E-state index in [0.717, 1.165) is 21.9 Å². The summed E-state index contributed by atoms with van der Waals surface area (Å²) in [6.07, 6.45) is 0. The number of rotatable bonds is 2. The van der Waals surface area contributed by atoms with E-state index in [9.17, 15) is 19.5 Å². The zero-order chi connectivity index (χ0) is 23.2. The Bertz CT molecular complexity index is 1520.